The molecule has 0 spiro atoms. The minimum Gasteiger partial charge on any atom is -0.465 e. The van der Waals surface area contributed by atoms with Crippen molar-refractivity contribution in [1.82, 2.24) is 0 Å². The highest BCUT2D eigenvalue weighted by molar-refractivity contribution is 6.31. The standard InChI is InChI=1S/C11H11Cl2FO2/c1-2-16-11(15)9(13)6-7-5-8(12)3-4-10(7)14/h3-5,9H,2,6H2,1H3. The zero-order valence-electron chi connectivity index (χ0n) is 8.67. The van der Waals surface area contributed by atoms with Gasteiger partial charge >= 0.3 is 5.97 Å². The predicted octanol–water partition coefficient (Wildman–Crippen LogP) is 3.19. The molecular formula is C11H11Cl2FO2. The number of esters is 1. The molecule has 1 atom stereocenters. The monoisotopic (exact) mass is 264 g/mol. The summed E-state index contributed by atoms with van der Waals surface area (Å²) in [6, 6.07) is 4.13. The molecule has 0 fully saturated rings. The van der Waals surface area contributed by atoms with E-state index >= 15 is 0 Å². The molecule has 0 amide bonds. The Kier molecular flexibility index (Phi) is 5.03. The van der Waals surface area contributed by atoms with Gasteiger partial charge in [-0.25, -0.2) is 4.39 Å². The summed E-state index contributed by atoms with van der Waals surface area (Å²) >= 11 is 11.5. The number of ether oxygens (including phenoxy) is 1. The van der Waals surface area contributed by atoms with Crippen molar-refractivity contribution in [2.45, 2.75) is 18.7 Å². The quantitative estimate of drug-likeness (QED) is 0.617. The molecule has 0 aromatic heterocycles. The van der Waals surface area contributed by atoms with Gasteiger partial charge in [0.05, 0.1) is 6.61 Å². The lowest BCUT2D eigenvalue weighted by Crippen LogP contribution is -2.20. The summed E-state index contributed by atoms with van der Waals surface area (Å²) in [6.07, 6.45) is 0.0623. The second kappa shape index (κ2) is 6.06. The average molecular weight is 265 g/mol. The van der Waals surface area contributed by atoms with E-state index in [0.717, 1.165) is 0 Å². The van der Waals surface area contributed by atoms with Crippen LogP contribution in [0.3, 0.4) is 0 Å². The van der Waals surface area contributed by atoms with Crippen LogP contribution < -0.4 is 0 Å². The number of benzene rings is 1. The summed E-state index contributed by atoms with van der Waals surface area (Å²) < 4.78 is 18.0. The first kappa shape index (κ1) is 13.3. The Bertz CT molecular complexity index is 382. The summed E-state index contributed by atoms with van der Waals surface area (Å²) in [5.74, 6) is -0.983. The van der Waals surface area contributed by atoms with E-state index in [1.54, 1.807) is 6.92 Å². The Hall–Kier alpha value is -0.800. The van der Waals surface area contributed by atoms with Crippen molar-refractivity contribution < 1.29 is 13.9 Å². The van der Waals surface area contributed by atoms with Crippen LogP contribution in [0, 0.1) is 5.82 Å². The Morgan fingerprint density at radius 1 is 1.56 bits per heavy atom. The molecular weight excluding hydrogens is 254 g/mol. The van der Waals surface area contributed by atoms with Crippen molar-refractivity contribution in [1.29, 1.82) is 0 Å². The third-order valence-electron chi connectivity index (χ3n) is 1.95. The van der Waals surface area contributed by atoms with Crippen molar-refractivity contribution in [3.05, 3.63) is 34.6 Å². The molecule has 0 N–H and O–H groups in total. The van der Waals surface area contributed by atoms with Crippen LogP contribution >= 0.6 is 23.2 Å². The summed E-state index contributed by atoms with van der Waals surface area (Å²) in [4.78, 5) is 11.2. The largest absolute Gasteiger partial charge is 0.465 e. The second-order valence-corrected chi connectivity index (χ2v) is 4.12. The second-order valence-electron chi connectivity index (χ2n) is 3.16. The molecule has 0 bridgehead atoms. The van der Waals surface area contributed by atoms with Gasteiger partial charge in [-0.3, -0.25) is 4.79 Å². The van der Waals surface area contributed by atoms with Gasteiger partial charge in [0.1, 0.15) is 11.2 Å². The van der Waals surface area contributed by atoms with E-state index in [2.05, 4.69) is 0 Å². The zero-order chi connectivity index (χ0) is 12.1. The summed E-state index contributed by atoms with van der Waals surface area (Å²) in [5.41, 5.74) is 0.306. The van der Waals surface area contributed by atoms with Gasteiger partial charge in [-0.05, 0) is 30.7 Å². The maximum Gasteiger partial charge on any atom is 0.324 e. The fourth-order valence-corrected chi connectivity index (χ4v) is 1.63. The lowest BCUT2D eigenvalue weighted by molar-refractivity contribution is -0.142. The SMILES string of the molecule is CCOC(=O)C(Cl)Cc1cc(Cl)ccc1F. The number of hydrogen-bond acceptors (Lipinski definition) is 2. The van der Waals surface area contributed by atoms with Gasteiger partial charge in [0.2, 0.25) is 0 Å². The van der Waals surface area contributed by atoms with Crippen LogP contribution in [-0.4, -0.2) is 18.0 Å². The minimum absolute atomic E-state index is 0.0623. The third-order valence-corrected chi connectivity index (χ3v) is 2.52. The van der Waals surface area contributed by atoms with Crippen molar-refractivity contribution in [2.75, 3.05) is 6.61 Å². The smallest absolute Gasteiger partial charge is 0.324 e. The van der Waals surface area contributed by atoms with Gasteiger partial charge < -0.3 is 4.74 Å². The number of alkyl halides is 1. The molecule has 0 saturated carbocycles. The van der Waals surface area contributed by atoms with Gasteiger partial charge in [-0.2, -0.15) is 0 Å². The van der Waals surface area contributed by atoms with E-state index in [1.807, 2.05) is 0 Å². The zero-order valence-corrected chi connectivity index (χ0v) is 10.2. The third kappa shape index (κ3) is 3.65. The van der Waals surface area contributed by atoms with Crippen LogP contribution in [0.2, 0.25) is 5.02 Å². The molecule has 0 radical (unpaired) electrons. The van der Waals surface area contributed by atoms with E-state index in [1.165, 1.54) is 18.2 Å². The minimum atomic E-state index is -0.895. The first-order valence-corrected chi connectivity index (χ1v) is 5.60. The number of carbonyl (C=O) groups excluding carboxylic acids is 1. The predicted molar refractivity (Wildman–Crippen MR) is 61.4 cm³/mol. The van der Waals surface area contributed by atoms with Gasteiger partial charge in [-0.1, -0.05) is 11.6 Å². The normalized spacial score (nSPS) is 12.2. The summed E-state index contributed by atoms with van der Waals surface area (Å²) in [6.45, 7) is 1.93. The van der Waals surface area contributed by atoms with Gasteiger partial charge in [-0.15, -0.1) is 11.6 Å². The molecule has 0 saturated heterocycles. The first-order chi connectivity index (χ1) is 7.54. The Balaban J connectivity index is 2.72. The molecule has 0 aliphatic heterocycles. The van der Waals surface area contributed by atoms with Crippen LogP contribution in [0.25, 0.3) is 0 Å². The molecule has 1 unspecified atom stereocenters. The Morgan fingerprint density at radius 3 is 2.88 bits per heavy atom. The highest BCUT2D eigenvalue weighted by Crippen LogP contribution is 2.18. The fraction of sp³-hybridized carbons (Fsp3) is 0.364. The molecule has 0 aliphatic carbocycles. The summed E-state index contributed by atoms with van der Waals surface area (Å²) in [7, 11) is 0. The van der Waals surface area contributed by atoms with E-state index in [-0.39, 0.29) is 13.0 Å². The molecule has 1 rings (SSSR count). The molecule has 0 aliphatic rings. The lowest BCUT2D eigenvalue weighted by atomic mass is 10.1. The maximum absolute atomic E-state index is 13.3. The van der Waals surface area contributed by atoms with Crippen LogP contribution in [0.15, 0.2) is 18.2 Å². The Labute approximate surface area is 103 Å². The Morgan fingerprint density at radius 2 is 2.25 bits per heavy atom. The topological polar surface area (TPSA) is 26.3 Å². The number of rotatable bonds is 4. The van der Waals surface area contributed by atoms with Crippen molar-refractivity contribution in [2.24, 2.45) is 0 Å². The van der Waals surface area contributed by atoms with Crippen LogP contribution in [0.5, 0.6) is 0 Å². The van der Waals surface area contributed by atoms with Crippen molar-refractivity contribution in [3.63, 3.8) is 0 Å². The van der Waals surface area contributed by atoms with E-state index in [9.17, 15) is 9.18 Å². The van der Waals surface area contributed by atoms with E-state index in [0.29, 0.717) is 10.6 Å². The van der Waals surface area contributed by atoms with Crippen LogP contribution in [-0.2, 0) is 16.0 Å². The molecule has 0 heterocycles. The van der Waals surface area contributed by atoms with Gasteiger partial charge in [0.25, 0.3) is 0 Å². The first-order valence-electron chi connectivity index (χ1n) is 4.79. The van der Waals surface area contributed by atoms with Crippen molar-refractivity contribution >= 4 is 29.2 Å². The number of halogens is 3. The average Bonchev–Trinajstić information content (AvgIpc) is 2.23. The van der Waals surface area contributed by atoms with E-state index in [4.69, 9.17) is 27.9 Å². The molecule has 5 heteroatoms. The lowest BCUT2D eigenvalue weighted by Gasteiger charge is -2.09. The van der Waals surface area contributed by atoms with E-state index < -0.39 is 17.2 Å². The van der Waals surface area contributed by atoms with Gasteiger partial charge in [0.15, 0.2) is 0 Å². The van der Waals surface area contributed by atoms with Crippen molar-refractivity contribution in [3.8, 4) is 0 Å². The molecule has 1 aromatic carbocycles. The summed E-state index contributed by atoms with van der Waals surface area (Å²) in [5, 5.41) is -0.489. The number of hydrogen-bond donors (Lipinski definition) is 0. The van der Waals surface area contributed by atoms with Crippen LogP contribution in [0.1, 0.15) is 12.5 Å². The highest BCUT2D eigenvalue weighted by atomic mass is 35.5. The molecule has 1 aromatic rings. The molecule has 2 nitrogen and oxygen atoms in total. The van der Waals surface area contributed by atoms with Gasteiger partial charge in [0, 0.05) is 11.4 Å². The molecule has 16 heavy (non-hydrogen) atoms. The maximum atomic E-state index is 13.3. The molecule has 88 valence electrons. The van der Waals surface area contributed by atoms with Crippen LogP contribution in [0.4, 0.5) is 4.39 Å². The number of carbonyl (C=O) groups is 1. The fourth-order valence-electron chi connectivity index (χ4n) is 1.21. The highest BCUT2D eigenvalue weighted by Gasteiger charge is 2.18.